The van der Waals surface area contributed by atoms with E-state index in [1.165, 1.54) is 10.6 Å². The van der Waals surface area contributed by atoms with Gasteiger partial charge in [-0.3, -0.25) is 18.7 Å². The van der Waals surface area contributed by atoms with Crippen LogP contribution in [0.25, 0.3) is 16.6 Å². The summed E-state index contributed by atoms with van der Waals surface area (Å²) in [5.74, 6) is -0.466. The molecule has 0 radical (unpaired) electrons. The topological polar surface area (TPSA) is 81.3 Å². The van der Waals surface area contributed by atoms with Gasteiger partial charge in [-0.05, 0) is 31.2 Å². The van der Waals surface area contributed by atoms with Crippen LogP contribution in [0.5, 0.6) is 0 Å². The van der Waals surface area contributed by atoms with Crippen LogP contribution in [0, 0.1) is 6.92 Å². The number of hydrogen-bond acceptors (Lipinski definition) is 4. The molecule has 0 spiro atoms. The van der Waals surface area contributed by atoms with E-state index in [4.69, 9.17) is 0 Å². The number of carbonyl (C=O) groups excluding carboxylic acids is 1. The third-order valence-electron chi connectivity index (χ3n) is 4.36. The van der Waals surface area contributed by atoms with Crippen molar-refractivity contribution in [1.82, 2.24) is 24.5 Å². The molecule has 1 aromatic carbocycles. The van der Waals surface area contributed by atoms with Gasteiger partial charge >= 0.3 is 0 Å². The lowest BCUT2D eigenvalue weighted by Gasteiger charge is -2.05. The zero-order valence-corrected chi connectivity index (χ0v) is 14.4. The fourth-order valence-electron chi connectivity index (χ4n) is 3.02. The Morgan fingerprint density at radius 3 is 2.92 bits per heavy atom. The highest BCUT2D eigenvalue weighted by atomic mass is 16.2. The van der Waals surface area contributed by atoms with E-state index in [-0.39, 0.29) is 12.1 Å². The first-order chi connectivity index (χ1) is 12.5. The number of fused-ring (bicyclic) bond motifs is 2. The zero-order valence-electron chi connectivity index (χ0n) is 14.4. The van der Waals surface area contributed by atoms with Crippen molar-refractivity contribution in [3.05, 3.63) is 76.0 Å². The summed E-state index contributed by atoms with van der Waals surface area (Å²) in [7, 11) is 1.86. The van der Waals surface area contributed by atoms with Crippen molar-refractivity contribution < 1.29 is 4.79 Å². The van der Waals surface area contributed by atoms with E-state index in [1.807, 2.05) is 32.2 Å². The van der Waals surface area contributed by atoms with Crippen molar-refractivity contribution in [2.24, 2.45) is 7.05 Å². The maximum absolute atomic E-state index is 12.5. The Kier molecular flexibility index (Phi) is 3.76. The Hall–Kier alpha value is -3.48. The van der Waals surface area contributed by atoms with Gasteiger partial charge in [0.25, 0.3) is 11.5 Å². The molecule has 4 aromatic rings. The number of benzene rings is 1. The first-order valence-electron chi connectivity index (χ1n) is 8.21. The SMILES string of the molecule is Cc1ccc2c(c1)c(CNC(=O)c1cnc3ccccn3c1=O)nn2C. The van der Waals surface area contributed by atoms with Gasteiger partial charge in [0.05, 0.1) is 17.8 Å². The minimum Gasteiger partial charge on any atom is -0.346 e. The predicted octanol–water partition coefficient (Wildman–Crippen LogP) is 1.82. The molecular weight excluding hydrogens is 330 g/mol. The molecule has 3 heterocycles. The number of hydrogen-bond donors (Lipinski definition) is 1. The molecule has 0 aliphatic rings. The van der Waals surface area contributed by atoms with E-state index in [1.54, 1.807) is 29.1 Å². The van der Waals surface area contributed by atoms with Crippen LogP contribution < -0.4 is 10.9 Å². The van der Waals surface area contributed by atoms with Gasteiger partial charge in [-0.1, -0.05) is 17.7 Å². The van der Waals surface area contributed by atoms with Gasteiger partial charge in [0, 0.05) is 24.8 Å². The fourth-order valence-corrected chi connectivity index (χ4v) is 3.02. The molecule has 7 nitrogen and oxygen atoms in total. The normalized spacial score (nSPS) is 11.2. The molecule has 130 valence electrons. The van der Waals surface area contributed by atoms with Crippen molar-refractivity contribution in [3.8, 4) is 0 Å². The number of nitrogens with one attached hydrogen (secondary N) is 1. The summed E-state index contributed by atoms with van der Waals surface area (Å²) >= 11 is 0. The second kappa shape index (κ2) is 6.11. The molecule has 26 heavy (non-hydrogen) atoms. The summed E-state index contributed by atoms with van der Waals surface area (Å²) < 4.78 is 3.14. The first-order valence-corrected chi connectivity index (χ1v) is 8.21. The van der Waals surface area contributed by atoms with Crippen LogP contribution in [0.2, 0.25) is 0 Å². The molecule has 7 heteroatoms. The minimum absolute atomic E-state index is 0.00474. The van der Waals surface area contributed by atoms with Crippen molar-refractivity contribution in [3.63, 3.8) is 0 Å². The number of aryl methyl sites for hydroxylation is 2. The van der Waals surface area contributed by atoms with Gasteiger partial charge in [0.2, 0.25) is 0 Å². The van der Waals surface area contributed by atoms with Gasteiger partial charge in [0.15, 0.2) is 0 Å². The molecule has 0 atom stereocenters. The average Bonchev–Trinajstić information content (AvgIpc) is 2.95. The largest absolute Gasteiger partial charge is 0.346 e. The van der Waals surface area contributed by atoms with Crippen LogP contribution in [0.1, 0.15) is 21.6 Å². The maximum atomic E-state index is 12.5. The molecule has 0 saturated carbocycles. The summed E-state index contributed by atoms with van der Waals surface area (Å²) in [5, 5.41) is 8.24. The van der Waals surface area contributed by atoms with Crippen LogP contribution >= 0.6 is 0 Å². The Morgan fingerprint density at radius 1 is 1.23 bits per heavy atom. The van der Waals surface area contributed by atoms with E-state index in [0.29, 0.717) is 5.65 Å². The number of amides is 1. The molecule has 3 aromatic heterocycles. The lowest BCUT2D eigenvalue weighted by Crippen LogP contribution is -2.31. The minimum atomic E-state index is -0.466. The highest BCUT2D eigenvalue weighted by Gasteiger charge is 2.15. The molecule has 4 rings (SSSR count). The summed E-state index contributed by atoms with van der Waals surface area (Å²) in [4.78, 5) is 29.1. The number of aromatic nitrogens is 4. The molecule has 1 N–H and O–H groups in total. The van der Waals surface area contributed by atoms with Crippen molar-refractivity contribution in [2.75, 3.05) is 0 Å². The van der Waals surface area contributed by atoms with Crippen LogP contribution in [-0.4, -0.2) is 25.1 Å². The summed E-state index contributed by atoms with van der Waals surface area (Å²) in [6.45, 7) is 2.24. The molecule has 0 aliphatic heterocycles. The molecule has 0 saturated heterocycles. The number of nitrogens with zero attached hydrogens (tertiary/aromatic N) is 4. The Morgan fingerprint density at radius 2 is 2.08 bits per heavy atom. The van der Waals surface area contributed by atoms with Crippen molar-refractivity contribution in [2.45, 2.75) is 13.5 Å². The summed E-state index contributed by atoms with van der Waals surface area (Å²) in [6, 6.07) is 11.3. The predicted molar refractivity (Wildman–Crippen MR) is 98.1 cm³/mol. The molecule has 0 aliphatic carbocycles. The number of rotatable bonds is 3. The summed E-state index contributed by atoms with van der Waals surface area (Å²) in [5.41, 5.74) is 2.98. The molecule has 0 fully saturated rings. The molecular formula is C19H17N5O2. The van der Waals surface area contributed by atoms with Gasteiger partial charge in [-0.15, -0.1) is 0 Å². The lowest BCUT2D eigenvalue weighted by molar-refractivity contribution is 0.0948. The van der Waals surface area contributed by atoms with Crippen molar-refractivity contribution >= 4 is 22.5 Å². The van der Waals surface area contributed by atoms with Crippen LogP contribution in [-0.2, 0) is 13.6 Å². The fraction of sp³-hybridized carbons (Fsp3) is 0.158. The monoisotopic (exact) mass is 347 g/mol. The Balaban J connectivity index is 1.63. The van der Waals surface area contributed by atoms with Gasteiger partial charge < -0.3 is 5.32 Å². The van der Waals surface area contributed by atoms with Gasteiger partial charge in [-0.25, -0.2) is 4.98 Å². The first kappa shape index (κ1) is 16.0. The van der Waals surface area contributed by atoms with E-state index in [0.717, 1.165) is 22.2 Å². The van der Waals surface area contributed by atoms with Crippen LogP contribution in [0.4, 0.5) is 0 Å². The van der Waals surface area contributed by atoms with E-state index < -0.39 is 11.5 Å². The van der Waals surface area contributed by atoms with Crippen LogP contribution in [0.3, 0.4) is 0 Å². The van der Waals surface area contributed by atoms with Gasteiger partial charge in [-0.2, -0.15) is 5.10 Å². The van der Waals surface area contributed by atoms with E-state index >= 15 is 0 Å². The van der Waals surface area contributed by atoms with Crippen LogP contribution in [0.15, 0.2) is 53.6 Å². The highest BCUT2D eigenvalue weighted by molar-refractivity contribution is 5.94. The standard InChI is InChI=1S/C19H17N5O2/c1-12-6-7-16-13(9-12)15(22-23(16)2)11-21-18(25)14-10-20-17-5-3-4-8-24(17)19(14)26/h3-10H,11H2,1-2H3,(H,21,25). The lowest BCUT2D eigenvalue weighted by atomic mass is 10.1. The van der Waals surface area contributed by atoms with E-state index in [9.17, 15) is 9.59 Å². The highest BCUT2D eigenvalue weighted by Crippen LogP contribution is 2.19. The second-order valence-electron chi connectivity index (χ2n) is 6.18. The second-order valence-corrected chi connectivity index (χ2v) is 6.18. The maximum Gasteiger partial charge on any atom is 0.270 e. The number of pyridine rings is 1. The quantitative estimate of drug-likeness (QED) is 0.613. The smallest absolute Gasteiger partial charge is 0.270 e. The van der Waals surface area contributed by atoms with Gasteiger partial charge in [0.1, 0.15) is 11.2 Å². The van der Waals surface area contributed by atoms with E-state index in [2.05, 4.69) is 15.4 Å². The average molecular weight is 347 g/mol. The number of carbonyl (C=O) groups is 1. The Labute approximate surface area is 148 Å². The van der Waals surface area contributed by atoms with Crippen molar-refractivity contribution in [1.29, 1.82) is 0 Å². The third-order valence-corrected chi connectivity index (χ3v) is 4.36. The molecule has 1 amide bonds. The Bertz CT molecular complexity index is 1210. The summed E-state index contributed by atoms with van der Waals surface area (Å²) in [6.07, 6.45) is 2.91. The zero-order chi connectivity index (χ0) is 18.3. The third kappa shape index (κ3) is 2.63. The molecule has 0 bridgehead atoms. The molecule has 0 unspecified atom stereocenters.